The molecule has 1 aliphatic heterocycles. The van der Waals surface area contributed by atoms with Crippen molar-refractivity contribution in [3.8, 4) is 5.75 Å². The van der Waals surface area contributed by atoms with Crippen LogP contribution in [0.4, 0.5) is 28.8 Å². The maximum absolute atomic E-state index is 12.9. The highest BCUT2D eigenvalue weighted by molar-refractivity contribution is 7.92. The minimum absolute atomic E-state index is 0.137. The predicted molar refractivity (Wildman–Crippen MR) is 143 cm³/mol. The molecule has 1 saturated heterocycles. The van der Waals surface area contributed by atoms with Crippen LogP contribution in [-0.4, -0.2) is 62.0 Å². The third-order valence-corrected chi connectivity index (χ3v) is 8.36. The molecule has 3 heterocycles. The number of sulfone groups is 1. The predicted octanol–water partition coefficient (Wildman–Crippen LogP) is 4.07. The van der Waals surface area contributed by atoms with Crippen molar-refractivity contribution in [2.45, 2.75) is 24.0 Å². The first-order chi connectivity index (χ1) is 17.9. The molecule has 0 aliphatic carbocycles. The number of aromatic nitrogens is 3. The van der Waals surface area contributed by atoms with Gasteiger partial charge in [-0.3, -0.25) is 0 Å². The molecule has 2 aromatic heterocycles. The molecule has 192 valence electrons. The van der Waals surface area contributed by atoms with Crippen LogP contribution < -0.4 is 20.3 Å². The van der Waals surface area contributed by atoms with Crippen molar-refractivity contribution in [3.05, 3.63) is 54.7 Å². The summed E-state index contributed by atoms with van der Waals surface area (Å²) in [4.78, 5) is 14.7. The monoisotopic (exact) mass is 520 g/mol. The summed E-state index contributed by atoms with van der Waals surface area (Å²) in [5, 5.41) is 6.54. The van der Waals surface area contributed by atoms with Gasteiger partial charge >= 0.3 is 0 Å². The van der Waals surface area contributed by atoms with E-state index in [0.717, 1.165) is 18.8 Å². The second-order valence-electron chi connectivity index (χ2n) is 8.82. The van der Waals surface area contributed by atoms with E-state index in [1.54, 1.807) is 33.2 Å². The average molecular weight is 521 g/mol. The molecule has 0 radical (unpaired) electrons. The number of rotatable bonds is 8. The fourth-order valence-electron chi connectivity index (χ4n) is 4.10. The van der Waals surface area contributed by atoms with E-state index in [2.05, 4.69) is 42.6 Å². The van der Waals surface area contributed by atoms with E-state index in [1.165, 1.54) is 6.07 Å². The molecule has 37 heavy (non-hydrogen) atoms. The third kappa shape index (κ3) is 4.98. The van der Waals surface area contributed by atoms with Gasteiger partial charge < -0.3 is 30.0 Å². The van der Waals surface area contributed by atoms with E-state index < -0.39 is 15.1 Å². The van der Waals surface area contributed by atoms with Crippen molar-refractivity contribution in [2.24, 2.45) is 0 Å². The summed E-state index contributed by atoms with van der Waals surface area (Å²) >= 11 is 0. The first-order valence-corrected chi connectivity index (χ1v) is 13.5. The lowest BCUT2D eigenvalue weighted by Crippen LogP contribution is -2.36. The second-order valence-corrected chi connectivity index (χ2v) is 11.3. The Kier molecular flexibility index (Phi) is 6.78. The van der Waals surface area contributed by atoms with Crippen molar-refractivity contribution in [2.75, 3.05) is 48.9 Å². The van der Waals surface area contributed by atoms with Crippen molar-refractivity contribution in [1.82, 2.24) is 15.0 Å². The van der Waals surface area contributed by atoms with Crippen LogP contribution in [-0.2, 0) is 14.6 Å². The van der Waals surface area contributed by atoms with Crippen LogP contribution in [0.2, 0.25) is 0 Å². The van der Waals surface area contributed by atoms with Gasteiger partial charge in [0.1, 0.15) is 17.2 Å². The van der Waals surface area contributed by atoms with E-state index in [1.807, 2.05) is 24.3 Å². The normalized spacial score (nSPS) is 14.0. The highest BCUT2D eigenvalue weighted by Crippen LogP contribution is 2.34. The molecule has 1 fully saturated rings. The van der Waals surface area contributed by atoms with Gasteiger partial charge in [-0.1, -0.05) is 12.1 Å². The van der Waals surface area contributed by atoms with E-state index >= 15 is 0 Å². The van der Waals surface area contributed by atoms with Crippen LogP contribution in [0.15, 0.2) is 47.5 Å². The first kappa shape index (κ1) is 24.7. The Bertz CT molecular complexity index is 1510. The number of methoxy groups -OCH3 is 1. The van der Waals surface area contributed by atoms with Gasteiger partial charge in [0, 0.05) is 43.2 Å². The Morgan fingerprint density at radius 1 is 1.08 bits per heavy atom. The Hall–Kier alpha value is -4.01. The smallest absolute Gasteiger partial charge is 0.231 e. The molecule has 10 nitrogen and oxygen atoms in total. The van der Waals surface area contributed by atoms with Crippen molar-refractivity contribution >= 4 is 49.7 Å². The van der Waals surface area contributed by atoms with E-state index in [0.29, 0.717) is 53.1 Å². The minimum atomic E-state index is -3.56. The third-order valence-electron chi connectivity index (χ3n) is 6.17. The van der Waals surface area contributed by atoms with E-state index in [9.17, 15) is 8.42 Å². The maximum atomic E-state index is 12.9. The van der Waals surface area contributed by atoms with Crippen molar-refractivity contribution in [3.63, 3.8) is 0 Å². The number of anilines is 5. The van der Waals surface area contributed by atoms with Crippen LogP contribution in [0.1, 0.15) is 13.8 Å². The highest BCUT2D eigenvalue weighted by atomic mass is 32.2. The molecule has 0 amide bonds. The molecule has 0 unspecified atom stereocenters. The topological polar surface area (TPSA) is 121 Å². The maximum Gasteiger partial charge on any atom is 0.231 e. The van der Waals surface area contributed by atoms with E-state index in [-0.39, 0.29) is 4.90 Å². The number of ether oxygens (including phenoxy) is 2. The molecule has 3 N–H and O–H groups in total. The SMILES string of the molecule is COc1cc(N2CCOCC2)ccc1Nc1nc(Nc2cc#ccc2S(=O)(=O)C(C)C)c2cc[nH]c2n1. The lowest BCUT2D eigenvalue weighted by atomic mass is 10.2. The molecule has 0 saturated carbocycles. The standard InChI is InChI=1S/C26H28N6O4S/c1-17(2)37(33,34)23-7-5-4-6-21(23)28-25-19-10-11-27-24(19)30-26(31-25)29-20-9-8-18(16-22(20)35-3)32-12-14-36-15-13-32/h6-11,16-17H,12-15H2,1-3H3,(H3,27,28,29,30,31). The number of hydrogen-bond donors (Lipinski definition) is 3. The summed E-state index contributed by atoms with van der Waals surface area (Å²) < 4.78 is 37.0. The fourth-order valence-corrected chi connectivity index (χ4v) is 5.25. The highest BCUT2D eigenvalue weighted by Gasteiger charge is 2.23. The Morgan fingerprint density at radius 3 is 2.62 bits per heavy atom. The molecule has 0 atom stereocenters. The minimum Gasteiger partial charge on any atom is -0.494 e. The lowest BCUT2D eigenvalue weighted by molar-refractivity contribution is 0.122. The van der Waals surface area contributed by atoms with Gasteiger partial charge in [0.2, 0.25) is 5.95 Å². The molecule has 1 aliphatic rings. The number of aromatic amines is 1. The van der Waals surface area contributed by atoms with Gasteiger partial charge in [0.05, 0.1) is 47.2 Å². The van der Waals surface area contributed by atoms with Crippen LogP contribution >= 0.6 is 0 Å². The first-order valence-electron chi connectivity index (χ1n) is 11.9. The summed E-state index contributed by atoms with van der Waals surface area (Å²) in [7, 11) is -1.94. The summed E-state index contributed by atoms with van der Waals surface area (Å²) in [6.45, 7) is 6.32. The number of benzene rings is 1. The zero-order chi connectivity index (χ0) is 26.0. The van der Waals surface area contributed by atoms with Crippen LogP contribution in [0, 0.1) is 12.1 Å². The molecule has 0 bridgehead atoms. The number of hydrogen-bond acceptors (Lipinski definition) is 9. The molecule has 11 heteroatoms. The van der Waals surface area contributed by atoms with Gasteiger partial charge in [-0.15, -0.1) is 0 Å². The average Bonchev–Trinajstić information content (AvgIpc) is 3.39. The Balaban J connectivity index is 1.48. The molecular formula is C26H28N6O4S. The Morgan fingerprint density at radius 2 is 1.86 bits per heavy atom. The number of nitrogens with one attached hydrogen (secondary N) is 3. The zero-order valence-electron chi connectivity index (χ0n) is 20.8. The molecular weight excluding hydrogens is 492 g/mol. The van der Waals surface area contributed by atoms with Gasteiger partial charge in [-0.05, 0) is 32.0 Å². The quantitative estimate of drug-likeness (QED) is 0.316. The van der Waals surface area contributed by atoms with Gasteiger partial charge in [0.25, 0.3) is 0 Å². The van der Waals surface area contributed by atoms with Gasteiger partial charge in [-0.2, -0.15) is 9.97 Å². The summed E-state index contributed by atoms with van der Waals surface area (Å²) in [5.74, 6) is 1.40. The summed E-state index contributed by atoms with van der Waals surface area (Å²) in [6, 6.07) is 16.3. The summed E-state index contributed by atoms with van der Waals surface area (Å²) in [6.07, 6.45) is 1.75. The second kappa shape index (κ2) is 10.2. The number of morpholine rings is 1. The largest absolute Gasteiger partial charge is 0.494 e. The number of fused-ring (bicyclic) bond motifs is 1. The van der Waals surface area contributed by atoms with Crippen LogP contribution in [0.5, 0.6) is 5.75 Å². The summed E-state index contributed by atoms with van der Waals surface area (Å²) in [5.41, 5.74) is 2.70. The zero-order valence-corrected chi connectivity index (χ0v) is 21.6. The van der Waals surface area contributed by atoms with Crippen molar-refractivity contribution in [1.29, 1.82) is 0 Å². The van der Waals surface area contributed by atoms with Gasteiger partial charge in [-0.25, -0.2) is 8.42 Å². The number of H-pyrrole nitrogens is 1. The molecule has 0 spiro atoms. The fraction of sp³-hybridized carbons (Fsp3) is 0.308. The van der Waals surface area contributed by atoms with E-state index in [4.69, 9.17) is 9.47 Å². The molecule has 4 aromatic rings. The van der Waals surface area contributed by atoms with Crippen LogP contribution in [0.3, 0.4) is 0 Å². The molecule has 2 aromatic carbocycles. The Labute approximate surface area is 216 Å². The molecule has 5 rings (SSSR count). The number of nitrogens with zero attached hydrogens (tertiary/aromatic N) is 3. The van der Waals surface area contributed by atoms with Crippen LogP contribution in [0.25, 0.3) is 11.0 Å². The van der Waals surface area contributed by atoms with Gasteiger partial charge in [0.15, 0.2) is 9.84 Å². The van der Waals surface area contributed by atoms with Crippen molar-refractivity contribution < 1.29 is 17.9 Å². The lowest BCUT2D eigenvalue weighted by Gasteiger charge is -2.29.